The maximum absolute atomic E-state index is 12.2. The Labute approximate surface area is 163 Å². The second kappa shape index (κ2) is 9.18. The number of amides is 1. The lowest BCUT2D eigenvalue weighted by molar-refractivity contribution is -0.384. The maximum Gasteiger partial charge on any atom is 0.269 e. The molecular formula is C20H24N4O4. The van der Waals surface area contributed by atoms with E-state index < -0.39 is 4.92 Å². The van der Waals surface area contributed by atoms with Crippen LogP contribution in [0.15, 0.2) is 48.5 Å². The second-order valence-electron chi connectivity index (χ2n) is 6.56. The number of nitro benzene ring substituents is 1. The Morgan fingerprint density at radius 2 is 1.79 bits per heavy atom. The van der Waals surface area contributed by atoms with Crippen LogP contribution in [0.3, 0.4) is 0 Å². The van der Waals surface area contributed by atoms with Crippen molar-refractivity contribution in [2.75, 3.05) is 51.3 Å². The molecule has 0 atom stereocenters. The maximum atomic E-state index is 12.2. The summed E-state index contributed by atoms with van der Waals surface area (Å²) < 4.78 is 5.44. The molecule has 8 heteroatoms. The van der Waals surface area contributed by atoms with E-state index in [1.54, 1.807) is 7.11 Å². The van der Waals surface area contributed by atoms with Gasteiger partial charge in [-0.25, -0.2) is 0 Å². The van der Waals surface area contributed by atoms with E-state index in [-0.39, 0.29) is 11.6 Å². The lowest BCUT2D eigenvalue weighted by atomic mass is 10.2. The van der Waals surface area contributed by atoms with Gasteiger partial charge in [0, 0.05) is 57.0 Å². The van der Waals surface area contributed by atoms with E-state index in [2.05, 4.69) is 21.2 Å². The molecule has 0 spiro atoms. The summed E-state index contributed by atoms with van der Waals surface area (Å²) >= 11 is 0. The molecule has 1 aliphatic rings. The predicted molar refractivity (Wildman–Crippen MR) is 107 cm³/mol. The number of nitro groups is 1. The lowest BCUT2D eigenvalue weighted by Gasteiger charge is -2.36. The fourth-order valence-electron chi connectivity index (χ4n) is 3.27. The van der Waals surface area contributed by atoms with E-state index in [1.165, 1.54) is 24.3 Å². The van der Waals surface area contributed by atoms with Gasteiger partial charge in [-0.05, 0) is 24.3 Å². The number of anilines is 1. The smallest absolute Gasteiger partial charge is 0.269 e. The van der Waals surface area contributed by atoms with Gasteiger partial charge in [0.15, 0.2) is 0 Å². The van der Waals surface area contributed by atoms with E-state index >= 15 is 0 Å². The van der Waals surface area contributed by atoms with Crippen LogP contribution in [-0.4, -0.2) is 62.1 Å². The number of hydrogen-bond donors (Lipinski definition) is 1. The van der Waals surface area contributed by atoms with Crippen LogP contribution in [0.25, 0.3) is 0 Å². The number of methoxy groups -OCH3 is 1. The summed E-state index contributed by atoms with van der Waals surface area (Å²) in [5.41, 5.74) is 1.51. The highest BCUT2D eigenvalue weighted by Gasteiger charge is 2.19. The van der Waals surface area contributed by atoms with Crippen LogP contribution in [-0.2, 0) is 0 Å². The summed E-state index contributed by atoms with van der Waals surface area (Å²) in [6.45, 7) is 4.91. The molecule has 148 valence electrons. The number of rotatable bonds is 7. The van der Waals surface area contributed by atoms with Crippen LogP contribution in [0, 0.1) is 10.1 Å². The average molecular weight is 384 g/mol. The van der Waals surface area contributed by atoms with E-state index in [9.17, 15) is 14.9 Å². The molecule has 1 fully saturated rings. The molecule has 0 aliphatic carbocycles. The first-order chi connectivity index (χ1) is 13.6. The van der Waals surface area contributed by atoms with Crippen LogP contribution in [0.5, 0.6) is 5.75 Å². The molecule has 0 saturated carbocycles. The molecule has 0 radical (unpaired) electrons. The number of piperazine rings is 1. The summed E-state index contributed by atoms with van der Waals surface area (Å²) in [4.78, 5) is 27.0. The fraction of sp³-hybridized carbons (Fsp3) is 0.350. The van der Waals surface area contributed by atoms with Crippen LogP contribution in [0.1, 0.15) is 10.4 Å². The highest BCUT2D eigenvalue weighted by atomic mass is 16.6. The highest BCUT2D eigenvalue weighted by Crippen LogP contribution is 2.28. The third-order valence-electron chi connectivity index (χ3n) is 4.85. The Balaban J connectivity index is 1.43. The topological polar surface area (TPSA) is 88.0 Å². The van der Waals surface area contributed by atoms with E-state index in [0.717, 1.165) is 44.2 Å². The number of nitrogens with one attached hydrogen (secondary N) is 1. The lowest BCUT2D eigenvalue weighted by Crippen LogP contribution is -2.48. The van der Waals surface area contributed by atoms with Crippen LogP contribution < -0.4 is 15.0 Å². The van der Waals surface area contributed by atoms with E-state index in [0.29, 0.717) is 12.1 Å². The van der Waals surface area contributed by atoms with Crippen LogP contribution >= 0.6 is 0 Å². The Hall–Kier alpha value is -3.13. The molecule has 0 unspecified atom stereocenters. The van der Waals surface area contributed by atoms with Gasteiger partial charge in [-0.2, -0.15) is 0 Å². The number of carbonyl (C=O) groups is 1. The molecule has 8 nitrogen and oxygen atoms in total. The summed E-state index contributed by atoms with van der Waals surface area (Å²) in [6.07, 6.45) is 0. The first-order valence-corrected chi connectivity index (χ1v) is 9.21. The summed E-state index contributed by atoms with van der Waals surface area (Å²) in [6, 6.07) is 13.6. The van der Waals surface area contributed by atoms with Crippen LogP contribution in [0.2, 0.25) is 0 Å². The fourth-order valence-corrected chi connectivity index (χ4v) is 3.27. The van der Waals surface area contributed by atoms with Gasteiger partial charge in [0.1, 0.15) is 5.75 Å². The molecule has 0 aromatic heterocycles. The monoisotopic (exact) mass is 384 g/mol. The van der Waals surface area contributed by atoms with Crippen molar-refractivity contribution in [3.8, 4) is 5.75 Å². The SMILES string of the molecule is COc1ccccc1N1CCN(CCNC(=O)c2ccc([N+](=O)[O-])cc2)CC1. The van der Waals surface area contributed by atoms with Crippen LogP contribution in [0.4, 0.5) is 11.4 Å². The van der Waals surface area contributed by atoms with Crippen molar-refractivity contribution in [2.24, 2.45) is 0 Å². The third-order valence-corrected chi connectivity index (χ3v) is 4.85. The minimum atomic E-state index is -0.480. The Morgan fingerprint density at radius 1 is 1.11 bits per heavy atom. The zero-order chi connectivity index (χ0) is 19.9. The first kappa shape index (κ1) is 19.6. The zero-order valence-electron chi connectivity index (χ0n) is 15.8. The number of hydrogen-bond acceptors (Lipinski definition) is 6. The summed E-state index contributed by atoms with van der Waals surface area (Å²) in [7, 11) is 1.68. The molecule has 0 bridgehead atoms. The van der Waals surface area contributed by atoms with Crippen molar-refractivity contribution in [3.05, 3.63) is 64.2 Å². The molecule has 3 rings (SSSR count). The average Bonchev–Trinajstić information content (AvgIpc) is 2.74. The van der Waals surface area contributed by atoms with E-state index in [4.69, 9.17) is 4.74 Å². The van der Waals surface area contributed by atoms with Crippen molar-refractivity contribution >= 4 is 17.3 Å². The number of carbonyl (C=O) groups excluding carboxylic acids is 1. The Morgan fingerprint density at radius 3 is 2.43 bits per heavy atom. The van der Waals surface area contributed by atoms with Gasteiger partial charge in [-0.1, -0.05) is 12.1 Å². The van der Waals surface area contributed by atoms with Crippen molar-refractivity contribution < 1.29 is 14.5 Å². The quantitative estimate of drug-likeness (QED) is 0.581. The summed E-state index contributed by atoms with van der Waals surface area (Å²) in [5.74, 6) is 0.661. The third kappa shape index (κ3) is 4.77. The minimum absolute atomic E-state index is 0.0236. The van der Waals surface area contributed by atoms with Gasteiger partial charge in [-0.15, -0.1) is 0 Å². The van der Waals surface area contributed by atoms with Gasteiger partial charge < -0.3 is 15.0 Å². The van der Waals surface area contributed by atoms with Gasteiger partial charge in [0.2, 0.25) is 0 Å². The number of ether oxygens (including phenoxy) is 1. The Bertz CT molecular complexity index is 817. The van der Waals surface area contributed by atoms with Gasteiger partial charge in [0.05, 0.1) is 17.7 Å². The zero-order valence-corrected chi connectivity index (χ0v) is 15.8. The number of benzene rings is 2. The molecule has 2 aromatic rings. The van der Waals surface area contributed by atoms with Crippen molar-refractivity contribution in [2.45, 2.75) is 0 Å². The molecular weight excluding hydrogens is 360 g/mol. The highest BCUT2D eigenvalue weighted by molar-refractivity contribution is 5.94. The van der Waals surface area contributed by atoms with E-state index in [1.807, 2.05) is 18.2 Å². The number of para-hydroxylation sites is 2. The molecule has 1 aliphatic heterocycles. The molecule has 1 N–H and O–H groups in total. The van der Waals surface area contributed by atoms with Crippen molar-refractivity contribution in [1.82, 2.24) is 10.2 Å². The standard InChI is InChI=1S/C20H24N4O4/c1-28-19-5-3-2-4-18(19)23-14-12-22(13-15-23)11-10-21-20(25)16-6-8-17(9-7-16)24(26)27/h2-9H,10-15H2,1H3,(H,21,25). The number of nitrogens with zero attached hydrogens (tertiary/aromatic N) is 3. The first-order valence-electron chi connectivity index (χ1n) is 9.21. The van der Waals surface area contributed by atoms with Gasteiger partial charge in [-0.3, -0.25) is 19.8 Å². The second-order valence-corrected chi connectivity index (χ2v) is 6.56. The van der Waals surface area contributed by atoms with Crippen molar-refractivity contribution in [1.29, 1.82) is 0 Å². The van der Waals surface area contributed by atoms with Crippen molar-refractivity contribution in [3.63, 3.8) is 0 Å². The minimum Gasteiger partial charge on any atom is -0.495 e. The number of non-ortho nitro benzene ring substituents is 1. The molecule has 1 heterocycles. The molecule has 28 heavy (non-hydrogen) atoms. The molecule has 1 amide bonds. The largest absolute Gasteiger partial charge is 0.495 e. The summed E-state index contributed by atoms with van der Waals surface area (Å²) in [5, 5.41) is 13.5. The van der Waals surface area contributed by atoms with Gasteiger partial charge >= 0.3 is 0 Å². The molecule has 2 aromatic carbocycles. The predicted octanol–water partition coefficient (Wildman–Crippen LogP) is 2.16. The van der Waals surface area contributed by atoms with Gasteiger partial charge in [0.25, 0.3) is 11.6 Å². The normalized spacial score (nSPS) is 14.5. The Kier molecular flexibility index (Phi) is 6.44. The molecule has 1 saturated heterocycles.